The first kappa shape index (κ1) is 39.6. The number of fused-ring (bicyclic) bond motifs is 7. The standard InChI is InChI=1S/C40H60O13/c1-19-11-26-7-9-29-20(2)12-25(48-29)6-5-22(42)15-33-35(45)39-40(53-33)36(46)38-30(52-39)10-8-27(50-38)13-23(43)14-28-32(17-31(49-26)21(19)3)51-34(37(28)47-4)16-24(44)18-41/h19,24-41,44-46H,2-3,5-18H2,1,4H3/t19-,24+,25+,26+,27-,28+,29+,30+,31-,32+,33+,34-,35+,36+,37-,38-,39+,40+/m1/s1. The number of aliphatic hydroxyl groups is 4. The molecule has 7 heterocycles. The summed E-state index contributed by atoms with van der Waals surface area (Å²) in [7, 11) is 1.58. The van der Waals surface area contributed by atoms with E-state index in [2.05, 4.69) is 20.1 Å². The van der Waals surface area contributed by atoms with Crippen LogP contribution >= 0.6 is 0 Å². The molecule has 18 atom stereocenters. The molecule has 0 unspecified atom stereocenters. The van der Waals surface area contributed by atoms with Crippen molar-refractivity contribution in [3.63, 3.8) is 0 Å². The molecule has 0 aromatic rings. The van der Waals surface area contributed by atoms with Gasteiger partial charge >= 0.3 is 0 Å². The van der Waals surface area contributed by atoms with Gasteiger partial charge in [-0.05, 0) is 62.0 Å². The van der Waals surface area contributed by atoms with Crippen LogP contribution in [0.1, 0.15) is 90.4 Å². The molecule has 0 saturated carbocycles. The summed E-state index contributed by atoms with van der Waals surface area (Å²) in [5, 5.41) is 42.6. The molecule has 0 radical (unpaired) electrons. The average Bonchev–Trinajstić information content (AvgIpc) is 3.76. The second-order valence-corrected chi connectivity index (χ2v) is 16.8. The summed E-state index contributed by atoms with van der Waals surface area (Å²) in [4.78, 5) is 27.0. The largest absolute Gasteiger partial charge is 0.394 e. The Balaban J connectivity index is 1.11. The van der Waals surface area contributed by atoms with Gasteiger partial charge < -0.3 is 53.6 Å². The molecular weight excluding hydrogens is 688 g/mol. The molecule has 0 aromatic carbocycles. The van der Waals surface area contributed by atoms with Crippen molar-refractivity contribution < 1.29 is 63.2 Å². The number of Topliss-reactive ketones (excluding diaryl/α,β-unsaturated/α-hetero) is 2. The minimum absolute atomic E-state index is 0.00643. The van der Waals surface area contributed by atoms with Crippen molar-refractivity contribution in [1.29, 1.82) is 0 Å². The van der Waals surface area contributed by atoms with E-state index in [1.165, 1.54) is 0 Å². The fourth-order valence-corrected chi connectivity index (χ4v) is 10.1. The van der Waals surface area contributed by atoms with Crippen LogP contribution in [0.4, 0.5) is 0 Å². The van der Waals surface area contributed by atoms with Crippen molar-refractivity contribution in [2.45, 2.75) is 188 Å². The van der Waals surface area contributed by atoms with Crippen molar-refractivity contribution >= 4 is 11.6 Å². The Kier molecular flexibility index (Phi) is 12.6. The predicted molar refractivity (Wildman–Crippen MR) is 189 cm³/mol. The van der Waals surface area contributed by atoms with Crippen molar-refractivity contribution in [1.82, 2.24) is 0 Å². The van der Waals surface area contributed by atoms with Crippen LogP contribution in [-0.2, 0) is 42.7 Å². The Labute approximate surface area is 312 Å². The van der Waals surface area contributed by atoms with Gasteiger partial charge in [0, 0.05) is 51.6 Å². The molecule has 7 aliphatic heterocycles. The van der Waals surface area contributed by atoms with E-state index in [0.29, 0.717) is 32.1 Å². The van der Waals surface area contributed by atoms with Crippen LogP contribution in [0.2, 0.25) is 0 Å². The fourth-order valence-electron chi connectivity index (χ4n) is 10.1. The average molecular weight is 749 g/mol. The van der Waals surface area contributed by atoms with E-state index in [-0.39, 0.29) is 79.9 Å². The van der Waals surface area contributed by atoms with Crippen LogP contribution in [-0.4, -0.2) is 143 Å². The summed E-state index contributed by atoms with van der Waals surface area (Å²) >= 11 is 0. The summed E-state index contributed by atoms with van der Waals surface area (Å²) in [6, 6.07) is 0. The van der Waals surface area contributed by atoms with Crippen LogP contribution in [0.15, 0.2) is 24.3 Å². The molecule has 0 aliphatic carbocycles. The van der Waals surface area contributed by atoms with E-state index in [9.17, 15) is 30.0 Å². The summed E-state index contributed by atoms with van der Waals surface area (Å²) in [5.74, 6) is -0.221. The van der Waals surface area contributed by atoms with Crippen LogP contribution in [0, 0.1) is 11.8 Å². The lowest BCUT2D eigenvalue weighted by Gasteiger charge is -2.46. The maximum atomic E-state index is 13.9. The normalized spacial score (nSPS) is 47.7. The predicted octanol–water partition coefficient (Wildman–Crippen LogP) is 2.27. The maximum absolute atomic E-state index is 13.9. The zero-order valence-corrected chi connectivity index (χ0v) is 31.2. The molecule has 0 spiro atoms. The van der Waals surface area contributed by atoms with E-state index in [4.69, 9.17) is 33.2 Å². The van der Waals surface area contributed by atoms with E-state index >= 15 is 0 Å². The highest BCUT2D eigenvalue weighted by atomic mass is 16.6. The molecule has 7 rings (SSSR count). The van der Waals surface area contributed by atoms with Gasteiger partial charge in [0.25, 0.3) is 0 Å². The third kappa shape index (κ3) is 8.56. The molecular formula is C40H60O13. The lowest BCUT2D eigenvalue weighted by atomic mass is 9.81. The Morgan fingerprint density at radius 2 is 1.45 bits per heavy atom. The number of rotatable bonds is 4. The molecule has 8 bridgehead atoms. The van der Waals surface area contributed by atoms with Crippen molar-refractivity contribution in [2.24, 2.45) is 11.8 Å². The van der Waals surface area contributed by atoms with Gasteiger partial charge in [0.05, 0.1) is 73.8 Å². The number of aliphatic hydroxyl groups excluding tert-OH is 4. The van der Waals surface area contributed by atoms with Crippen LogP contribution in [0.5, 0.6) is 0 Å². The summed E-state index contributed by atoms with van der Waals surface area (Å²) < 4.78 is 44.3. The highest BCUT2D eigenvalue weighted by Gasteiger charge is 2.57. The molecule has 7 aliphatic rings. The van der Waals surface area contributed by atoms with Crippen LogP contribution < -0.4 is 0 Å². The first-order chi connectivity index (χ1) is 25.4. The number of carbonyl (C=O) groups excluding carboxylic acids is 2. The zero-order valence-electron chi connectivity index (χ0n) is 31.2. The molecule has 53 heavy (non-hydrogen) atoms. The number of ether oxygens (including phenoxy) is 7. The Morgan fingerprint density at radius 1 is 0.736 bits per heavy atom. The van der Waals surface area contributed by atoms with Gasteiger partial charge in [-0.2, -0.15) is 0 Å². The molecule has 13 heteroatoms. The smallest absolute Gasteiger partial charge is 0.135 e. The molecule has 7 saturated heterocycles. The monoisotopic (exact) mass is 748 g/mol. The number of hydrogen-bond acceptors (Lipinski definition) is 13. The van der Waals surface area contributed by atoms with E-state index in [0.717, 1.165) is 30.4 Å². The summed E-state index contributed by atoms with van der Waals surface area (Å²) in [6.45, 7) is 10.4. The highest BCUT2D eigenvalue weighted by molar-refractivity contribution is 5.79. The topological polar surface area (TPSA) is 180 Å². The molecule has 7 fully saturated rings. The third-order valence-electron chi connectivity index (χ3n) is 13.1. The van der Waals surface area contributed by atoms with Gasteiger partial charge in [0.15, 0.2) is 0 Å². The first-order valence-electron chi connectivity index (χ1n) is 19.9. The number of methoxy groups -OCH3 is 1. The first-order valence-corrected chi connectivity index (χ1v) is 19.9. The third-order valence-corrected chi connectivity index (χ3v) is 13.1. The second kappa shape index (κ2) is 16.9. The molecule has 0 aromatic heterocycles. The van der Waals surface area contributed by atoms with Gasteiger partial charge in [-0.15, -0.1) is 0 Å². The van der Waals surface area contributed by atoms with Gasteiger partial charge in [-0.3, -0.25) is 9.59 Å². The molecule has 298 valence electrons. The van der Waals surface area contributed by atoms with E-state index in [1.807, 2.05) is 0 Å². The van der Waals surface area contributed by atoms with Gasteiger partial charge in [-0.1, -0.05) is 20.1 Å². The highest BCUT2D eigenvalue weighted by Crippen LogP contribution is 2.43. The fraction of sp³-hybridized carbons (Fsp3) is 0.850. The number of carbonyl (C=O) groups is 2. The van der Waals surface area contributed by atoms with Crippen LogP contribution in [0.3, 0.4) is 0 Å². The van der Waals surface area contributed by atoms with Gasteiger partial charge in [0.2, 0.25) is 0 Å². The minimum atomic E-state index is -1.10. The van der Waals surface area contributed by atoms with Crippen molar-refractivity contribution in [2.75, 3.05) is 13.7 Å². The number of ketones is 2. The molecule has 4 N–H and O–H groups in total. The zero-order chi connectivity index (χ0) is 37.6. The second-order valence-electron chi connectivity index (χ2n) is 16.8. The Hall–Kier alpha value is -1.62. The maximum Gasteiger partial charge on any atom is 0.135 e. The summed E-state index contributed by atoms with van der Waals surface area (Å²) in [5.41, 5.74) is 2.00. The minimum Gasteiger partial charge on any atom is -0.394 e. The Morgan fingerprint density at radius 3 is 2.23 bits per heavy atom. The summed E-state index contributed by atoms with van der Waals surface area (Å²) in [6.07, 6.45) is -3.55. The lowest BCUT2D eigenvalue weighted by molar-refractivity contribution is -0.259. The van der Waals surface area contributed by atoms with Gasteiger partial charge in [-0.25, -0.2) is 0 Å². The quantitative estimate of drug-likeness (QED) is 0.308. The van der Waals surface area contributed by atoms with E-state index < -0.39 is 79.9 Å². The van der Waals surface area contributed by atoms with Crippen LogP contribution in [0.25, 0.3) is 0 Å². The van der Waals surface area contributed by atoms with Crippen molar-refractivity contribution in [3.8, 4) is 0 Å². The van der Waals surface area contributed by atoms with Gasteiger partial charge in [0.1, 0.15) is 42.1 Å². The van der Waals surface area contributed by atoms with E-state index in [1.54, 1.807) is 7.11 Å². The number of hydrogen-bond donors (Lipinski definition) is 4. The van der Waals surface area contributed by atoms with Crippen molar-refractivity contribution in [3.05, 3.63) is 24.3 Å². The molecule has 13 nitrogen and oxygen atoms in total. The lowest BCUT2D eigenvalue weighted by Crippen LogP contribution is -2.61. The molecule has 0 amide bonds. The SMILES string of the molecule is C=C1C[C@@H]2CCC(=O)C[C@@H]3O[C@H]4[C@@H](O)[C@@H]5O[C@H](CC[C@@H]5O[C@H]4[C@H]3O)CC(=O)C[C@@H]3[C@@H](OC)[C@@H](C[C@H](O)CO)O[C@H]3C[C@H]3O[C@@H](CC[C@@H]1O2)C[C@@H](C)C3=C. The Bertz CT molecular complexity index is 1340.